The van der Waals surface area contributed by atoms with E-state index in [2.05, 4.69) is 61.5 Å². The van der Waals surface area contributed by atoms with Crippen molar-refractivity contribution in [3.05, 3.63) is 11.6 Å². The number of carboxylic acid groups (broad SMARTS) is 2. The number of rotatable bonds is 8. The third kappa shape index (κ3) is 7.74. The molecule has 7 fully saturated rings. The Bertz CT molecular complexity index is 1880. The monoisotopic (exact) mass is 941 g/mol. The lowest BCUT2D eigenvalue weighted by molar-refractivity contribution is -0.392. The normalized spacial score (nSPS) is 54.4. The van der Waals surface area contributed by atoms with Crippen LogP contribution in [0.25, 0.3) is 0 Å². The predicted molar refractivity (Wildman–Crippen MR) is 230 cm³/mol. The fourth-order valence-corrected chi connectivity index (χ4v) is 15.1. The average molecular weight is 941 g/mol. The van der Waals surface area contributed by atoms with Gasteiger partial charge < -0.3 is 79.5 Å². The molecule has 0 amide bonds. The van der Waals surface area contributed by atoms with Gasteiger partial charge in [0.25, 0.3) is 0 Å². The van der Waals surface area contributed by atoms with Crippen molar-refractivity contribution in [2.75, 3.05) is 0 Å². The van der Waals surface area contributed by atoms with Crippen molar-refractivity contribution in [1.29, 1.82) is 0 Å². The first-order chi connectivity index (χ1) is 30.5. The Balaban J connectivity index is 1.07. The van der Waals surface area contributed by atoms with Crippen molar-refractivity contribution < 1.29 is 89.1 Å². The van der Waals surface area contributed by atoms with Gasteiger partial charge in [-0.15, -0.1) is 0 Å². The van der Waals surface area contributed by atoms with Crippen LogP contribution in [0.4, 0.5) is 0 Å². The highest BCUT2D eigenvalue weighted by Crippen LogP contribution is 2.76. The number of ether oxygens (including phenoxy) is 6. The van der Waals surface area contributed by atoms with E-state index in [1.807, 2.05) is 0 Å². The summed E-state index contributed by atoms with van der Waals surface area (Å²) in [7, 11) is 0. The number of aliphatic hydroxyl groups is 8. The molecule has 0 radical (unpaired) electrons. The molecule has 376 valence electrons. The van der Waals surface area contributed by atoms with Gasteiger partial charge in [-0.1, -0.05) is 67.0 Å². The van der Waals surface area contributed by atoms with Gasteiger partial charge >= 0.3 is 11.9 Å². The van der Waals surface area contributed by atoms with E-state index in [0.29, 0.717) is 18.3 Å². The second kappa shape index (κ2) is 17.2. The largest absolute Gasteiger partial charge is 0.479 e. The SMILES string of the molecule is C[C@@H]1O[C@@H](O[C@H]2[C@H](O[C@H]3[C@H](O[C@H]4CC[C@]5(C)[C@H]6CC=C7[C@@H]8CC(C)(C)C[C@@H](O)[C@]8(C)CC[C@@]7(C)[C@]6(C)CC[C@H]5C4(C)C)O[C@H](C(=O)O)[C@@H](O)[C@@H]3O)O[C@H](C(=O)O)[C@H](O)[C@@H]2O)[C@H](O)[C@H](O)[C@H]1O. The van der Waals surface area contributed by atoms with Crippen molar-refractivity contribution in [2.45, 2.75) is 224 Å². The fraction of sp³-hybridized carbons (Fsp3) is 0.917. The van der Waals surface area contributed by atoms with Crippen molar-refractivity contribution >= 4 is 11.9 Å². The van der Waals surface area contributed by atoms with Crippen LogP contribution in [-0.4, -0.2) is 167 Å². The lowest BCUT2D eigenvalue weighted by Gasteiger charge is -2.71. The van der Waals surface area contributed by atoms with Crippen LogP contribution in [0, 0.1) is 50.2 Å². The molecule has 18 nitrogen and oxygen atoms in total. The molecule has 3 heterocycles. The number of hydrogen-bond donors (Lipinski definition) is 10. The standard InChI is InChI=1S/C48H76O18/c1-20-27(50)28(51)33(56)40(61-20)65-37-32(55)30(53)35(39(59)60)64-42(37)66-36-31(54)29(52)34(38(57)58)63-41(36)62-26-13-14-46(7)23(44(26,4)5)12-15-48(9)24(46)11-10-21-22-18-43(2,3)19-25(49)45(22,6)16-17-47(21,48)8/h10,20,22-37,40-42,49-56H,11-19H2,1-9H3,(H,57,58)(H,59,60)/t20-,22-,23-,24+,25+,26-,27-,28+,29-,30+,31-,32-,33+,34-,35-,36+,37+,40-,41+,42-,45+,46-,47+,48+/m0/s1. The summed E-state index contributed by atoms with van der Waals surface area (Å²) in [5, 5.41) is 108. The minimum absolute atomic E-state index is 0.0282. The minimum Gasteiger partial charge on any atom is -0.479 e. The van der Waals surface area contributed by atoms with Gasteiger partial charge in [0.05, 0.1) is 18.3 Å². The van der Waals surface area contributed by atoms with Crippen LogP contribution in [0.5, 0.6) is 0 Å². The van der Waals surface area contributed by atoms with Crippen LogP contribution in [0.3, 0.4) is 0 Å². The highest BCUT2D eigenvalue weighted by atomic mass is 16.8. The molecule has 0 aromatic rings. The van der Waals surface area contributed by atoms with Crippen LogP contribution in [0.1, 0.15) is 120 Å². The summed E-state index contributed by atoms with van der Waals surface area (Å²) in [4.78, 5) is 24.7. The Hall–Kier alpha value is -1.88. The van der Waals surface area contributed by atoms with E-state index in [9.17, 15) is 60.7 Å². The van der Waals surface area contributed by atoms with Crippen molar-refractivity contribution in [3.63, 3.8) is 0 Å². The van der Waals surface area contributed by atoms with E-state index >= 15 is 0 Å². The van der Waals surface area contributed by atoms with E-state index in [1.165, 1.54) is 12.5 Å². The van der Waals surface area contributed by atoms with Crippen molar-refractivity contribution in [1.82, 2.24) is 0 Å². The Labute approximate surface area is 386 Å². The number of carbonyl (C=O) groups is 2. The van der Waals surface area contributed by atoms with Gasteiger partial charge in [-0.25, -0.2) is 9.59 Å². The Kier molecular flexibility index (Phi) is 13.1. The molecule has 0 spiro atoms. The molecule has 0 aromatic carbocycles. The molecular weight excluding hydrogens is 865 g/mol. The number of fused-ring (bicyclic) bond motifs is 7. The topological polar surface area (TPSA) is 292 Å². The summed E-state index contributed by atoms with van der Waals surface area (Å²) in [6, 6.07) is 0. The van der Waals surface area contributed by atoms with Gasteiger partial charge in [0.2, 0.25) is 0 Å². The smallest absolute Gasteiger partial charge is 0.335 e. The number of allylic oxidation sites excluding steroid dienone is 2. The van der Waals surface area contributed by atoms with Crippen LogP contribution >= 0.6 is 0 Å². The maximum Gasteiger partial charge on any atom is 0.335 e. The summed E-state index contributed by atoms with van der Waals surface area (Å²) in [5.41, 5.74) is 0.579. The zero-order valence-electron chi connectivity index (χ0n) is 39.7. The summed E-state index contributed by atoms with van der Waals surface area (Å²) >= 11 is 0. The maximum absolute atomic E-state index is 12.5. The van der Waals surface area contributed by atoms with E-state index in [4.69, 9.17) is 28.4 Å². The average Bonchev–Trinajstić information content (AvgIpc) is 3.22. The van der Waals surface area contributed by atoms with Crippen LogP contribution < -0.4 is 0 Å². The van der Waals surface area contributed by atoms with Crippen LogP contribution in [0.2, 0.25) is 0 Å². The van der Waals surface area contributed by atoms with Gasteiger partial charge in [0, 0.05) is 5.41 Å². The summed E-state index contributed by atoms with van der Waals surface area (Å²) < 4.78 is 35.8. The van der Waals surface area contributed by atoms with E-state index in [-0.39, 0.29) is 39.1 Å². The molecular formula is C48H76O18. The zero-order valence-corrected chi connectivity index (χ0v) is 39.7. The lowest BCUT2D eigenvalue weighted by Crippen LogP contribution is -2.68. The number of hydrogen-bond acceptors (Lipinski definition) is 16. The summed E-state index contributed by atoms with van der Waals surface area (Å²) in [6.07, 6.45) is -18.7. The highest BCUT2D eigenvalue weighted by Gasteiger charge is 2.69. The number of aliphatic hydroxyl groups excluding tert-OH is 8. The molecule has 5 aliphatic carbocycles. The first kappa shape index (κ1) is 50.5. The molecule has 0 aromatic heterocycles. The molecule has 10 N–H and O–H groups in total. The Morgan fingerprint density at radius 3 is 1.73 bits per heavy atom. The van der Waals surface area contributed by atoms with Gasteiger partial charge in [-0.3, -0.25) is 0 Å². The van der Waals surface area contributed by atoms with Gasteiger partial charge in [-0.05, 0) is 110 Å². The molecule has 8 rings (SSSR count). The maximum atomic E-state index is 12.5. The molecule has 4 saturated carbocycles. The highest BCUT2D eigenvalue weighted by molar-refractivity contribution is 5.74. The lowest BCUT2D eigenvalue weighted by atomic mass is 9.33. The Morgan fingerprint density at radius 1 is 0.591 bits per heavy atom. The molecule has 0 bridgehead atoms. The van der Waals surface area contributed by atoms with Crippen LogP contribution in [0.15, 0.2) is 11.6 Å². The molecule has 24 atom stereocenters. The summed E-state index contributed by atoms with van der Waals surface area (Å²) in [6.45, 7) is 19.8. The van der Waals surface area contributed by atoms with Gasteiger partial charge in [-0.2, -0.15) is 0 Å². The number of aliphatic carboxylic acids is 2. The molecule has 18 heteroatoms. The molecule has 3 saturated heterocycles. The van der Waals surface area contributed by atoms with Crippen molar-refractivity contribution in [3.8, 4) is 0 Å². The van der Waals surface area contributed by atoms with E-state index in [0.717, 1.165) is 51.4 Å². The quantitative estimate of drug-likeness (QED) is 0.123. The first-order valence-corrected chi connectivity index (χ1v) is 24.1. The van der Waals surface area contributed by atoms with Crippen LogP contribution in [-0.2, 0) is 38.0 Å². The second-order valence-electron chi connectivity index (χ2n) is 23.8. The van der Waals surface area contributed by atoms with Gasteiger partial charge in [0.1, 0.15) is 54.9 Å². The third-order valence-electron chi connectivity index (χ3n) is 19.3. The molecule has 8 aliphatic rings. The Morgan fingerprint density at radius 2 is 1.15 bits per heavy atom. The van der Waals surface area contributed by atoms with Gasteiger partial charge in [0.15, 0.2) is 31.1 Å². The van der Waals surface area contributed by atoms with E-state index in [1.54, 1.807) is 0 Å². The van der Waals surface area contributed by atoms with Crippen molar-refractivity contribution in [2.24, 2.45) is 50.2 Å². The molecule has 0 unspecified atom stereocenters. The first-order valence-electron chi connectivity index (χ1n) is 24.1. The predicted octanol–water partition coefficient (Wildman–Crippen LogP) is 1.82. The second-order valence-corrected chi connectivity index (χ2v) is 23.8. The minimum atomic E-state index is -2.13. The third-order valence-corrected chi connectivity index (χ3v) is 19.3. The zero-order chi connectivity index (χ0) is 48.6. The molecule has 66 heavy (non-hydrogen) atoms. The summed E-state index contributed by atoms with van der Waals surface area (Å²) in [5.74, 6) is -2.57. The van der Waals surface area contributed by atoms with E-state index < -0.39 is 116 Å². The fourth-order valence-electron chi connectivity index (χ4n) is 15.1. The number of carboxylic acids is 2. The molecule has 3 aliphatic heterocycles.